The van der Waals surface area contributed by atoms with E-state index in [4.69, 9.17) is 33.2 Å². The zero-order chi connectivity index (χ0) is 26.2. The third-order valence-electron chi connectivity index (χ3n) is 4.97. The molecule has 0 aromatic heterocycles. The summed E-state index contributed by atoms with van der Waals surface area (Å²) in [5.74, 6) is -1.30. The summed E-state index contributed by atoms with van der Waals surface area (Å²) in [7, 11) is 3.09. The van der Waals surface area contributed by atoms with E-state index in [-0.39, 0.29) is 37.6 Å². The minimum atomic E-state index is -0.792. The molecule has 1 aromatic carbocycles. The van der Waals surface area contributed by atoms with Gasteiger partial charge in [-0.15, -0.1) is 0 Å². The summed E-state index contributed by atoms with van der Waals surface area (Å²) < 4.78 is 39.8. The maximum absolute atomic E-state index is 13.6. The number of hydrogen-bond donors (Lipinski definition) is 0. The topological polar surface area (TPSA) is 98.8 Å². The van der Waals surface area contributed by atoms with Crippen molar-refractivity contribution in [3.63, 3.8) is 0 Å². The first-order chi connectivity index (χ1) is 16.4. The van der Waals surface area contributed by atoms with Gasteiger partial charge in [0.2, 0.25) is 0 Å². The molecular formula is C26H40O9. The molecule has 2 bridgehead atoms. The minimum Gasteiger partial charge on any atom is -0.456 e. The molecule has 0 saturated carbocycles. The number of ether oxygens (including phenoxy) is 7. The van der Waals surface area contributed by atoms with Crippen LogP contribution in [0.3, 0.4) is 0 Å². The van der Waals surface area contributed by atoms with E-state index >= 15 is 0 Å². The monoisotopic (exact) mass is 496 g/mol. The van der Waals surface area contributed by atoms with Gasteiger partial charge in [-0.05, 0) is 63.8 Å². The van der Waals surface area contributed by atoms with Gasteiger partial charge in [0, 0.05) is 14.2 Å². The third kappa shape index (κ3) is 8.54. The summed E-state index contributed by atoms with van der Waals surface area (Å²) in [5, 5.41) is 0. The van der Waals surface area contributed by atoms with Gasteiger partial charge in [-0.2, -0.15) is 0 Å². The summed E-state index contributed by atoms with van der Waals surface area (Å²) in [5.41, 5.74) is 1.01. The molecule has 0 spiro atoms. The van der Waals surface area contributed by atoms with Crippen LogP contribution in [0.2, 0.25) is 0 Å². The maximum Gasteiger partial charge on any atom is 0.339 e. The number of fused-ring (bicyclic) bond motifs is 2. The molecule has 1 heterocycles. The summed E-state index contributed by atoms with van der Waals surface area (Å²) in [4.78, 5) is 27.2. The lowest BCUT2D eigenvalue weighted by atomic mass is 9.86. The van der Waals surface area contributed by atoms with E-state index in [1.807, 2.05) is 0 Å². The highest BCUT2D eigenvalue weighted by atomic mass is 16.6. The Morgan fingerprint density at radius 1 is 0.657 bits per heavy atom. The molecule has 0 atom stereocenters. The first-order valence-electron chi connectivity index (χ1n) is 11.8. The van der Waals surface area contributed by atoms with Crippen molar-refractivity contribution < 1.29 is 42.7 Å². The van der Waals surface area contributed by atoms with Gasteiger partial charge in [-0.25, -0.2) is 9.59 Å². The summed E-state index contributed by atoms with van der Waals surface area (Å²) >= 11 is 0. The molecule has 9 nitrogen and oxygen atoms in total. The highest BCUT2D eigenvalue weighted by Gasteiger charge is 2.35. The van der Waals surface area contributed by atoms with Gasteiger partial charge in [-0.1, -0.05) is 0 Å². The molecule has 9 heteroatoms. The smallest absolute Gasteiger partial charge is 0.339 e. The van der Waals surface area contributed by atoms with Crippen LogP contribution in [0.4, 0.5) is 0 Å². The van der Waals surface area contributed by atoms with Crippen molar-refractivity contribution in [3.05, 3.63) is 33.4 Å². The first kappa shape index (κ1) is 29.2. The van der Waals surface area contributed by atoms with E-state index < -0.39 is 23.1 Å². The lowest BCUT2D eigenvalue weighted by Gasteiger charge is -2.28. The van der Waals surface area contributed by atoms with Gasteiger partial charge in [-0.3, -0.25) is 0 Å². The van der Waals surface area contributed by atoms with Gasteiger partial charge >= 0.3 is 11.9 Å². The zero-order valence-corrected chi connectivity index (χ0v) is 22.3. The number of rotatable bonds is 6. The number of hydrogen-bond acceptors (Lipinski definition) is 9. The highest BCUT2D eigenvalue weighted by Crippen LogP contribution is 2.34. The van der Waals surface area contributed by atoms with Crippen molar-refractivity contribution in [1.29, 1.82) is 0 Å². The molecule has 0 saturated heterocycles. The van der Waals surface area contributed by atoms with Gasteiger partial charge in [0.1, 0.15) is 11.2 Å². The Morgan fingerprint density at radius 3 is 1.57 bits per heavy atom. The summed E-state index contributed by atoms with van der Waals surface area (Å²) in [6, 6.07) is 0. The van der Waals surface area contributed by atoms with E-state index in [2.05, 4.69) is 0 Å². The Morgan fingerprint density at radius 2 is 1.09 bits per heavy atom. The summed E-state index contributed by atoms with van der Waals surface area (Å²) in [6.07, 6.45) is 0. The molecule has 198 valence electrons. The fourth-order valence-electron chi connectivity index (χ4n) is 3.72. The van der Waals surface area contributed by atoms with Crippen LogP contribution in [-0.2, 0) is 59.6 Å². The van der Waals surface area contributed by atoms with Crippen LogP contribution in [0.15, 0.2) is 0 Å². The Kier molecular flexibility index (Phi) is 10.7. The molecule has 0 unspecified atom stereocenters. The van der Waals surface area contributed by atoms with Crippen molar-refractivity contribution in [2.24, 2.45) is 0 Å². The number of esters is 2. The Hall–Kier alpha value is -2.04. The predicted octanol–water partition coefficient (Wildman–Crippen LogP) is 3.95. The number of carbonyl (C=O) groups excluding carboxylic acids is 2. The van der Waals surface area contributed by atoms with Gasteiger partial charge in [0.25, 0.3) is 0 Å². The molecule has 2 rings (SSSR count). The third-order valence-corrected chi connectivity index (χ3v) is 4.97. The lowest BCUT2D eigenvalue weighted by Crippen LogP contribution is -2.31. The lowest BCUT2D eigenvalue weighted by molar-refractivity contribution is -0.00214. The van der Waals surface area contributed by atoms with E-state index in [9.17, 15) is 9.59 Å². The summed E-state index contributed by atoms with van der Waals surface area (Å²) in [6.45, 7) is 12.5. The number of carbonyl (C=O) groups is 2. The number of benzene rings is 1. The Balaban J connectivity index is 2.92. The zero-order valence-electron chi connectivity index (χ0n) is 22.3. The molecule has 0 aliphatic carbocycles. The van der Waals surface area contributed by atoms with Crippen molar-refractivity contribution >= 4 is 11.9 Å². The Labute approximate surface area is 208 Å². The van der Waals surface area contributed by atoms with Crippen molar-refractivity contribution in [3.8, 4) is 0 Å². The molecule has 1 aliphatic rings. The van der Waals surface area contributed by atoms with Gasteiger partial charge in [0.05, 0.1) is 64.0 Å². The van der Waals surface area contributed by atoms with Gasteiger partial charge < -0.3 is 33.2 Å². The molecular weight excluding hydrogens is 456 g/mol. The second kappa shape index (κ2) is 12.8. The second-order valence-corrected chi connectivity index (χ2v) is 10.3. The molecule has 35 heavy (non-hydrogen) atoms. The molecule has 1 aromatic rings. The largest absolute Gasteiger partial charge is 0.456 e. The fraction of sp³-hybridized carbons (Fsp3) is 0.692. The van der Waals surface area contributed by atoms with E-state index in [1.54, 1.807) is 48.7 Å². The van der Waals surface area contributed by atoms with Crippen LogP contribution in [0.1, 0.15) is 84.5 Å². The van der Waals surface area contributed by atoms with Crippen molar-refractivity contribution in [1.82, 2.24) is 0 Å². The van der Waals surface area contributed by atoms with Crippen LogP contribution < -0.4 is 0 Å². The van der Waals surface area contributed by atoms with Crippen LogP contribution in [-0.4, -0.2) is 63.8 Å². The second-order valence-electron chi connectivity index (χ2n) is 10.3. The SMILES string of the molecule is COCc1c2c(COC)c(C(=O)OC(C)(C)C)c(C(=O)OC(C)(C)C)c1COCCOCCOC2. The molecule has 1 aliphatic heterocycles. The quantitative estimate of drug-likeness (QED) is 0.542. The normalized spacial score (nSPS) is 15.7. The fourth-order valence-corrected chi connectivity index (χ4v) is 3.72. The van der Waals surface area contributed by atoms with Crippen molar-refractivity contribution in [2.45, 2.75) is 79.2 Å². The van der Waals surface area contributed by atoms with Crippen LogP contribution in [0, 0.1) is 0 Å². The van der Waals surface area contributed by atoms with Crippen LogP contribution in [0.25, 0.3) is 0 Å². The molecule has 0 radical (unpaired) electrons. The average Bonchev–Trinajstić information content (AvgIpc) is 2.71. The molecule has 0 N–H and O–H groups in total. The molecule has 0 fully saturated rings. The van der Waals surface area contributed by atoms with Crippen molar-refractivity contribution in [2.75, 3.05) is 40.6 Å². The number of methoxy groups -OCH3 is 2. The van der Waals surface area contributed by atoms with E-state index in [0.717, 1.165) is 0 Å². The Bertz CT molecular complexity index is 879. The predicted molar refractivity (Wildman–Crippen MR) is 128 cm³/mol. The highest BCUT2D eigenvalue weighted by molar-refractivity contribution is 6.06. The van der Waals surface area contributed by atoms with E-state index in [1.165, 1.54) is 7.11 Å². The minimum absolute atomic E-state index is 0.0483. The first-order valence-corrected chi connectivity index (χ1v) is 11.8. The van der Waals surface area contributed by atoms with Gasteiger partial charge in [0.15, 0.2) is 0 Å². The van der Waals surface area contributed by atoms with E-state index in [0.29, 0.717) is 48.7 Å². The molecule has 0 amide bonds. The standard InChI is InChI=1S/C26H40O9/c1-25(2,3)34-23(27)21-19(14-30-8)18-15-32-11-9-31-10-12-33-16-20(17(18)13-29-7)22(21)24(28)35-26(4,5)6/h9-16H2,1-8H3. The van der Waals surface area contributed by atoms with Crippen LogP contribution in [0.5, 0.6) is 0 Å². The maximum atomic E-state index is 13.6. The van der Waals surface area contributed by atoms with Crippen LogP contribution >= 0.6 is 0 Å². The average molecular weight is 497 g/mol.